The van der Waals surface area contributed by atoms with Crippen LogP contribution in [0.25, 0.3) is 0 Å². The lowest BCUT2D eigenvalue weighted by atomic mass is 9.77. The van der Waals surface area contributed by atoms with Gasteiger partial charge in [0.1, 0.15) is 0 Å². The van der Waals surface area contributed by atoms with E-state index >= 15 is 0 Å². The third-order valence-corrected chi connectivity index (χ3v) is 4.37. The third-order valence-electron chi connectivity index (χ3n) is 4.37. The van der Waals surface area contributed by atoms with Gasteiger partial charge in [0.2, 0.25) is 0 Å². The molecule has 1 aliphatic heterocycles. The van der Waals surface area contributed by atoms with Crippen molar-refractivity contribution in [2.24, 2.45) is 12.5 Å². The van der Waals surface area contributed by atoms with Crippen LogP contribution in [0.4, 0.5) is 0 Å². The first kappa shape index (κ1) is 14.5. The first-order valence-electron chi connectivity index (χ1n) is 7.39. The number of rotatable bonds is 6. The summed E-state index contributed by atoms with van der Waals surface area (Å²) in [5.74, 6) is 0. The van der Waals surface area contributed by atoms with Crippen molar-refractivity contribution in [3.63, 3.8) is 0 Å². The van der Waals surface area contributed by atoms with Crippen LogP contribution < -0.4 is 5.32 Å². The van der Waals surface area contributed by atoms with Crippen molar-refractivity contribution >= 4 is 0 Å². The molecule has 2 unspecified atom stereocenters. The zero-order valence-corrected chi connectivity index (χ0v) is 12.7. The maximum absolute atomic E-state index is 5.85. The van der Waals surface area contributed by atoms with Crippen molar-refractivity contribution in [1.82, 2.24) is 15.1 Å². The zero-order valence-electron chi connectivity index (χ0n) is 12.7. The Morgan fingerprint density at radius 3 is 2.89 bits per heavy atom. The first-order valence-corrected chi connectivity index (χ1v) is 7.39. The highest BCUT2D eigenvalue weighted by Crippen LogP contribution is 2.37. The zero-order chi connectivity index (χ0) is 13.9. The van der Waals surface area contributed by atoms with Gasteiger partial charge in [0, 0.05) is 31.3 Å². The molecule has 0 aliphatic carbocycles. The Kier molecular flexibility index (Phi) is 4.63. The summed E-state index contributed by atoms with van der Waals surface area (Å²) in [5, 5.41) is 8.05. The van der Waals surface area contributed by atoms with E-state index in [2.05, 4.69) is 37.3 Å². The van der Waals surface area contributed by atoms with E-state index in [-0.39, 0.29) is 5.41 Å². The van der Waals surface area contributed by atoms with E-state index in [1.807, 2.05) is 11.7 Å². The first-order chi connectivity index (χ1) is 9.07. The maximum atomic E-state index is 5.85. The molecule has 0 aromatic carbocycles. The van der Waals surface area contributed by atoms with Crippen LogP contribution in [0.3, 0.4) is 0 Å². The van der Waals surface area contributed by atoms with Crippen molar-refractivity contribution in [3.05, 3.63) is 17.5 Å². The number of aromatic nitrogens is 2. The van der Waals surface area contributed by atoms with Gasteiger partial charge in [-0.05, 0) is 45.7 Å². The molecule has 1 saturated heterocycles. The number of ether oxygens (including phenoxy) is 1. The highest BCUT2D eigenvalue weighted by molar-refractivity contribution is 5.13. The average Bonchev–Trinajstić information content (AvgIpc) is 2.85. The molecule has 1 aromatic rings. The Bertz CT molecular complexity index is 416. The Balaban J connectivity index is 2.11. The minimum atomic E-state index is 0.218. The summed E-state index contributed by atoms with van der Waals surface area (Å²) in [7, 11) is 2.04. The van der Waals surface area contributed by atoms with Crippen LogP contribution in [-0.2, 0) is 18.2 Å². The van der Waals surface area contributed by atoms with Gasteiger partial charge in [-0.15, -0.1) is 0 Å². The van der Waals surface area contributed by atoms with E-state index in [0.29, 0.717) is 6.10 Å². The van der Waals surface area contributed by atoms with Crippen LogP contribution in [0.1, 0.15) is 38.1 Å². The molecule has 0 radical (unpaired) electrons. The highest BCUT2D eigenvalue weighted by atomic mass is 16.5. The van der Waals surface area contributed by atoms with E-state index in [4.69, 9.17) is 4.74 Å². The molecular formula is C15H27N3O. The second-order valence-electron chi connectivity index (χ2n) is 5.88. The van der Waals surface area contributed by atoms with E-state index in [1.54, 1.807) is 0 Å². The largest absolute Gasteiger partial charge is 0.378 e. The van der Waals surface area contributed by atoms with E-state index in [0.717, 1.165) is 38.2 Å². The highest BCUT2D eigenvalue weighted by Gasteiger charge is 2.41. The molecule has 0 bridgehead atoms. The van der Waals surface area contributed by atoms with Gasteiger partial charge < -0.3 is 10.1 Å². The van der Waals surface area contributed by atoms with Crippen molar-refractivity contribution in [2.75, 3.05) is 19.7 Å². The molecule has 2 rings (SSSR count). The molecule has 1 N–H and O–H groups in total. The normalized spacial score (nSPS) is 27.1. The van der Waals surface area contributed by atoms with Crippen LogP contribution >= 0.6 is 0 Å². The smallest absolute Gasteiger partial charge is 0.0619 e. The number of hydrogen-bond acceptors (Lipinski definition) is 3. The topological polar surface area (TPSA) is 39.1 Å². The maximum Gasteiger partial charge on any atom is 0.0619 e. The van der Waals surface area contributed by atoms with Crippen molar-refractivity contribution in [2.45, 2.75) is 46.1 Å². The fourth-order valence-electron chi connectivity index (χ4n) is 3.05. The summed E-state index contributed by atoms with van der Waals surface area (Å²) >= 11 is 0. The fraction of sp³-hybridized carbons (Fsp3) is 0.800. The summed E-state index contributed by atoms with van der Waals surface area (Å²) in [6, 6.07) is 2.20. The van der Waals surface area contributed by atoms with Crippen LogP contribution in [0, 0.1) is 12.3 Å². The molecular weight excluding hydrogens is 238 g/mol. The summed E-state index contributed by atoms with van der Waals surface area (Å²) in [6.45, 7) is 9.47. The Morgan fingerprint density at radius 2 is 2.37 bits per heavy atom. The fourth-order valence-corrected chi connectivity index (χ4v) is 3.05. The molecule has 4 nitrogen and oxygen atoms in total. The summed E-state index contributed by atoms with van der Waals surface area (Å²) in [5.41, 5.74) is 2.63. The SMILES string of the molecule is CCCNCC1(Cc2cc(C)nn2C)CCOC1C. The van der Waals surface area contributed by atoms with E-state index in [1.165, 1.54) is 12.1 Å². The predicted molar refractivity (Wildman–Crippen MR) is 77.3 cm³/mol. The van der Waals surface area contributed by atoms with Crippen LogP contribution in [0.15, 0.2) is 6.07 Å². The van der Waals surface area contributed by atoms with Gasteiger partial charge in [0.15, 0.2) is 0 Å². The second kappa shape index (κ2) is 6.06. The summed E-state index contributed by atoms with van der Waals surface area (Å²) in [4.78, 5) is 0. The van der Waals surface area contributed by atoms with Crippen molar-refractivity contribution in [1.29, 1.82) is 0 Å². The Morgan fingerprint density at radius 1 is 1.58 bits per heavy atom. The number of aryl methyl sites for hydroxylation is 2. The van der Waals surface area contributed by atoms with Crippen molar-refractivity contribution in [3.8, 4) is 0 Å². The minimum Gasteiger partial charge on any atom is -0.378 e. The lowest BCUT2D eigenvalue weighted by Gasteiger charge is -2.32. The van der Waals surface area contributed by atoms with Crippen molar-refractivity contribution < 1.29 is 4.74 Å². The minimum absolute atomic E-state index is 0.218. The van der Waals surface area contributed by atoms with Gasteiger partial charge in [-0.2, -0.15) is 5.10 Å². The molecule has 0 spiro atoms. The molecule has 2 atom stereocenters. The second-order valence-corrected chi connectivity index (χ2v) is 5.88. The number of hydrogen-bond donors (Lipinski definition) is 1. The lowest BCUT2D eigenvalue weighted by molar-refractivity contribution is 0.0622. The van der Waals surface area contributed by atoms with Gasteiger partial charge in [-0.25, -0.2) is 0 Å². The Labute approximate surface area is 116 Å². The van der Waals surface area contributed by atoms with Crippen LogP contribution in [0.5, 0.6) is 0 Å². The number of nitrogens with zero attached hydrogens (tertiary/aromatic N) is 2. The summed E-state index contributed by atoms with van der Waals surface area (Å²) < 4.78 is 7.86. The van der Waals surface area contributed by atoms with E-state index in [9.17, 15) is 0 Å². The molecule has 1 aromatic heterocycles. The van der Waals surface area contributed by atoms with Crippen LogP contribution in [0.2, 0.25) is 0 Å². The predicted octanol–water partition coefficient (Wildman–Crippen LogP) is 2.07. The third kappa shape index (κ3) is 3.18. The lowest BCUT2D eigenvalue weighted by Crippen LogP contribution is -2.42. The number of nitrogens with one attached hydrogen (secondary N) is 1. The van der Waals surface area contributed by atoms with Gasteiger partial charge in [0.25, 0.3) is 0 Å². The quantitative estimate of drug-likeness (QED) is 0.800. The van der Waals surface area contributed by atoms with Gasteiger partial charge in [-0.3, -0.25) is 4.68 Å². The van der Waals surface area contributed by atoms with Gasteiger partial charge in [-0.1, -0.05) is 6.92 Å². The molecule has 2 heterocycles. The summed E-state index contributed by atoms with van der Waals surface area (Å²) in [6.07, 6.45) is 3.67. The van der Waals surface area contributed by atoms with Crippen LogP contribution in [-0.4, -0.2) is 35.6 Å². The molecule has 4 heteroatoms. The van der Waals surface area contributed by atoms with Gasteiger partial charge >= 0.3 is 0 Å². The molecule has 1 fully saturated rings. The molecule has 0 amide bonds. The Hall–Kier alpha value is -0.870. The molecule has 19 heavy (non-hydrogen) atoms. The molecule has 108 valence electrons. The molecule has 1 aliphatic rings. The average molecular weight is 265 g/mol. The monoisotopic (exact) mass is 265 g/mol. The van der Waals surface area contributed by atoms with E-state index < -0.39 is 0 Å². The standard InChI is InChI=1S/C15H27N3O/c1-5-7-16-11-15(6-8-19-13(15)3)10-14-9-12(2)17-18(14)4/h9,13,16H,5-8,10-11H2,1-4H3. The van der Waals surface area contributed by atoms with Gasteiger partial charge in [0.05, 0.1) is 11.8 Å². The molecule has 0 saturated carbocycles.